The normalized spacial score (nSPS) is 7.30. The summed E-state index contributed by atoms with van der Waals surface area (Å²) >= 11 is 2.12. The molecular weight excluding hydrogens is 168 g/mol. The third kappa shape index (κ3) is 24.8. The molecule has 3 nitrogen and oxygen atoms in total. The van der Waals surface area contributed by atoms with E-state index < -0.39 is 5.97 Å². The van der Waals surface area contributed by atoms with Crippen molar-refractivity contribution in [3.8, 4) is 0 Å². The molecule has 57 valence electrons. The van der Waals surface area contributed by atoms with E-state index in [1.165, 1.54) is 11.6 Å². The van der Waals surface area contributed by atoms with Crippen LogP contribution in [0.1, 0.15) is 20.3 Å². The minimum absolute atomic E-state index is 0.312. The Morgan fingerprint density at radius 3 is 1.80 bits per heavy atom. The van der Waals surface area contributed by atoms with Crippen molar-refractivity contribution in [2.24, 2.45) is 0 Å². The van der Waals surface area contributed by atoms with Gasteiger partial charge in [0.05, 0.1) is 0 Å². The Kier molecular flexibility index (Phi) is 11.1. The van der Waals surface area contributed by atoms with Crippen LogP contribution in [0.3, 0.4) is 0 Å². The fourth-order valence-electron chi connectivity index (χ4n) is 0.213. The van der Waals surface area contributed by atoms with Gasteiger partial charge in [-0.05, 0) is 6.92 Å². The molecule has 0 unspecified atom stereocenters. The molecule has 0 saturated heterocycles. The van der Waals surface area contributed by atoms with Crippen molar-refractivity contribution in [1.82, 2.24) is 0 Å². The van der Waals surface area contributed by atoms with Crippen molar-refractivity contribution in [2.75, 3.05) is 0 Å². The zero-order chi connectivity index (χ0) is 8.57. The molecule has 0 aromatic carbocycles. The van der Waals surface area contributed by atoms with Crippen molar-refractivity contribution in [1.29, 1.82) is 0 Å². The molecule has 0 saturated carbocycles. The van der Waals surface area contributed by atoms with Gasteiger partial charge in [0.2, 0.25) is 0 Å². The number of rotatable bonds is 2. The van der Waals surface area contributed by atoms with Crippen molar-refractivity contribution in [2.45, 2.75) is 25.0 Å². The molecule has 0 bridgehead atoms. The molecule has 10 heavy (non-hydrogen) atoms. The summed E-state index contributed by atoms with van der Waals surface area (Å²) in [5.41, 5.74) is 0. The molecule has 0 aliphatic carbocycles. The number of carbonyl (C=O) groups is 2. The zero-order valence-electron chi connectivity index (χ0n) is 6.18. The predicted octanol–water partition coefficient (Wildman–Crippen LogP) is 1.02. The van der Waals surface area contributed by atoms with Gasteiger partial charge in [-0.1, -0.05) is 0 Å². The van der Waals surface area contributed by atoms with Crippen molar-refractivity contribution >= 4 is 11.8 Å². The first-order chi connectivity index (χ1) is 4.54. The summed E-state index contributed by atoms with van der Waals surface area (Å²) < 4.78 is 1.25. The van der Waals surface area contributed by atoms with E-state index >= 15 is 0 Å². The Balaban J connectivity index is 0. The second kappa shape index (κ2) is 8.85. The monoisotopic (exact) mass is 179 g/mol. The Labute approximate surface area is 72.2 Å². The van der Waals surface area contributed by atoms with Crippen LogP contribution in [0.25, 0.3) is 0 Å². The summed E-state index contributed by atoms with van der Waals surface area (Å²) in [6.45, 7) is 3.37. The van der Waals surface area contributed by atoms with Crippen molar-refractivity contribution in [3.05, 3.63) is 0 Å². The van der Waals surface area contributed by atoms with Crippen molar-refractivity contribution < 1.29 is 35.1 Å². The standard InChI is InChI=1S/C4H6O3.C2H5.Ti/c1-3(5)2-4(6)7;1-2;/h2H2,1H3,(H,6,7);1H2,2H3;. The molecule has 0 fully saturated rings. The Morgan fingerprint density at radius 2 is 1.80 bits per heavy atom. The molecule has 0 amide bonds. The summed E-state index contributed by atoms with van der Waals surface area (Å²) in [5.74, 6) is -1.37. The first-order valence-corrected chi connectivity index (χ1v) is 4.00. The van der Waals surface area contributed by atoms with Crippen LogP contribution < -0.4 is 0 Å². The predicted molar refractivity (Wildman–Crippen MR) is 33.4 cm³/mol. The molecule has 0 aliphatic rings. The van der Waals surface area contributed by atoms with Gasteiger partial charge in [-0.3, -0.25) is 9.59 Å². The number of Topliss-reactive ketones (excluding diaryl/α,β-unsaturated/α-hetero) is 1. The number of aliphatic carboxylic acids is 1. The summed E-state index contributed by atoms with van der Waals surface area (Å²) in [4.78, 5) is 19.5. The van der Waals surface area contributed by atoms with Crippen LogP contribution in [0.15, 0.2) is 0 Å². The van der Waals surface area contributed by atoms with Gasteiger partial charge in [0, 0.05) is 0 Å². The summed E-state index contributed by atoms with van der Waals surface area (Å²) in [6, 6.07) is 0. The van der Waals surface area contributed by atoms with E-state index in [9.17, 15) is 9.59 Å². The molecule has 0 radical (unpaired) electrons. The van der Waals surface area contributed by atoms with Crippen LogP contribution in [0.4, 0.5) is 0 Å². The Morgan fingerprint density at radius 1 is 1.50 bits per heavy atom. The van der Waals surface area contributed by atoms with E-state index in [1.54, 1.807) is 0 Å². The van der Waals surface area contributed by atoms with Gasteiger partial charge >= 0.3 is 38.1 Å². The molecule has 0 aliphatic heterocycles. The van der Waals surface area contributed by atoms with Crippen LogP contribution in [-0.4, -0.2) is 16.9 Å². The maximum absolute atomic E-state index is 9.87. The molecular formula is C6H11O3Ti. The van der Waals surface area contributed by atoms with E-state index in [1.807, 2.05) is 0 Å². The molecule has 0 heterocycles. The average molecular weight is 179 g/mol. The quantitative estimate of drug-likeness (QED) is 0.508. The van der Waals surface area contributed by atoms with Gasteiger partial charge in [0.1, 0.15) is 12.2 Å². The molecule has 0 atom stereocenters. The molecule has 0 rings (SSSR count). The Hall–Kier alpha value is -0.146. The fraction of sp³-hybridized carbons (Fsp3) is 0.667. The van der Waals surface area contributed by atoms with Crippen LogP contribution in [0, 0.1) is 0 Å². The molecule has 0 aromatic rings. The van der Waals surface area contributed by atoms with E-state index in [0.29, 0.717) is 0 Å². The first-order valence-electron chi connectivity index (χ1n) is 2.90. The van der Waals surface area contributed by atoms with Crippen LogP contribution in [-0.2, 0) is 30.0 Å². The summed E-state index contributed by atoms with van der Waals surface area (Å²) in [7, 11) is 0. The minimum atomic E-state index is -1.06. The van der Waals surface area contributed by atoms with Gasteiger partial charge < -0.3 is 5.11 Å². The van der Waals surface area contributed by atoms with Gasteiger partial charge in [-0.25, -0.2) is 0 Å². The number of carboxylic acid groups (broad SMARTS) is 1. The Bertz CT molecular complexity index is 99.6. The van der Waals surface area contributed by atoms with Gasteiger partial charge in [-0.2, -0.15) is 0 Å². The fourth-order valence-corrected chi connectivity index (χ4v) is 0.213. The SMILES string of the molecule is CC(=O)CC(=O)O.C[CH2][Ti]. The van der Waals surface area contributed by atoms with Gasteiger partial charge in [-0.15, -0.1) is 0 Å². The number of hydrogen-bond acceptors (Lipinski definition) is 2. The average Bonchev–Trinajstić information content (AvgIpc) is 1.62. The van der Waals surface area contributed by atoms with Crippen LogP contribution in [0.5, 0.6) is 0 Å². The number of hydrogen-bond donors (Lipinski definition) is 1. The van der Waals surface area contributed by atoms with Crippen molar-refractivity contribution in [3.63, 3.8) is 0 Å². The number of ketones is 1. The topological polar surface area (TPSA) is 54.4 Å². The van der Waals surface area contributed by atoms with Crippen LogP contribution in [0.2, 0.25) is 4.73 Å². The maximum atomic E-state index is 9.87. The van der Waals surface area contributed by atoms with E-state index in [2.05, 4.69) is 27.4 Å². The second-order valence-corrected chi connectivity index (χ2v) is 2.73. The molecule has 0 spiro atoms. The van der Waals surface area contributed by atoms with E-state index in [-0.39, 0.29) is 12.2 Å². The van der Waals surface area contributed by atoms with Gasteiger partial charge in [0.25, 0.3) is 0 Å². The van der Waals surface area contributed by atoms with E-state index in [0.717, 1.165) is 0 Å². The summed E-state index contributed by atoms with van der Waals surface area (Å²) in [5, 5.41) is 7.86. The van der Waals surface area contributed by atoms with Gasteiger partial charge in [0.15, 0.2) is 0 Å². The third-order valence-electron chi connectivity index (χ3n) is 0.400. The first kappa shape index (κ1) is 12.5. The molecule has 1 N–H and O–H groups in total. The summed E-state index contributed by atoms with van der Waals surface area (Å²) in [6.07, 6.45) is -0.361. The third-order valence-corrected chi connectivity index (χ3v) is 0.400. The second-order valence-electron chi connectivity index (χ2n) is 1.63. The molecule has 4 heteroatoms. The van der Waals surface area contributed by atoms with E-state index in [4.69, 9.17) is 5.11 Å². The molecule has 0 aromatic heterocycles. The van der Waals surface area contributed by atoms with Crippen LogP contribution >= 0.6 is 0 Å². The zero-order valence-corrected chi connectivity index (χ0v) is 7.74. The number of carboxylic acids is 1. The number of carbonyl (C=O) groups excluding carboxylic acids is 1.